The number of carboxylic acid groups (broad SMARTS) is 1. The van der Waals surface area contributed by atoms with Crippen LogP contribution in [0.1, 0.15) is 23.2 Å². The van der Waals surface area contributed by atoms with Gasteiger partial charge < -0.3 is 16.2 Å². The van der Waals surface area contributed by atoms with Gasteiger partial charge in [0, 0.05) is 11.3 Å². The second-order valence-electron chi connectivity index (χ2n) is 5.02. The van der Waals surface area contributed by atoms with Crippen molar-refractivity contribution in [2.45, 2.75) is 18.9 Å². The third-order valence-corrected chi connectivity index (χ3v) is 3.30. The lowest BCUT2D eigenvalue weighted by Gasteiger charge is -2.13. The van der Waals surface area contributed by atoms with Gasteiger partial charge in [-0.25, -0.2) is 0 Å². The molecular formula is C14H17N3O4. The Hall–Kier alpha value is -2.41. The van der Waals surface area contributed by atoms with Crippen molar-refractivity contribution in [3.8, 4) is 0 Å². The van der Waals surface area contributed by atoms with Crippen molar-refractivity contribution in [3.05, 3.63) is 29.8 Å². The van der Waals surface area contributed by atoms with Gasteiger partial charge in [-0.3, -0.25) is 19.7 Å². The molecule has 1 aliphatic rings. The SMILES string of the molecule is NC(=O)c1ccc(NC(=O)CNC(C(=O)O)C2CC2)cc1. The molecule has 1 aromatic rings. The Labute approximate surface area is 121 Å². The van der Waals surface area contributed by atoms with Gasteiger partial charge in [0.15, 0.2) is 0 Å². The van der Waals surface area contributed by atoms with E-state index in [0.717, 1.165) is 12.8 Å². The summed E-state index contributed by atoms with van der Waals surface area (Å²) in [5, 5.41) is 14.4. The van der Waals surface area contributed by atoms with E-state index in [9.17, 15) is 14.4 Å². The number of carbonyl (C=O) groups excluding carboxylic acids is 2. The van der Waals surface area contributed by atoms with E-state index >= 15 is 0 Å². The zero-order chi connectivity index (χ0) is 15.4. The highest BCUT2D eigenvalue weighted by atomic mass is 16.4. The minimum Gasteiger partial charge on any atom is -0.480 e. The maximum absolute atomic E-state index is 11.7. The highest BCUT2D eigenvalue weighted by molar-refractivity contribution is 5.95. The van der Waals surface area contributed by atoms with Crippen LogP contribution < -0.4 is 16.4 Å². The Morgan fingerprint density at radius 2 is 1.86 bits per heavy atom. The summed E-state index contributed by atoms with van der Waals surface area (Å²) in [6, 6.07) is 5.47. The lowest BCUT2D eigenvalue weighted by atomic mass is 10.2. The van der Waals surface area contributed by atoms with Crippen LogP contribution in [0.5, 0.6) is 0 Å². The molecule has 7 heteroatoms. The molecule has 2 amide bonds. The highest BCUT2D eigenvalue weighted by Gasteiger charge is 2.36. The van der Waals surface area contributed by atoms with Crippen LogP contribution in [0.3, 0.4) is 0 Å². The van der Waals surface area contributed by atoms with E-state index in [2.05, 4.69) is 10.6 Å². The Kier molecular flexibility index (Phi) is 4.54. The number of nitrogens with one attached hydrogen (secondary N) is 2. The zero-order valence-electron chi connectivity index (χ0n) is 11.3. The largest absolute Gasteiger partial charge is 0.480 e. The minimum atomic E-state index is -0.934. The van der Waals surface area contributed by atoms with Crippen LogP contribution in [-0.2, 0) is 9.59 Å². The maximum atomic E-state index is 11.7. The van der Waals surface area contributed by atoms with Crippen molar-refractivity contribution >= 4 is 23.5 Å². The zero-order valence-corrected chi connectivity index (χ0v) is 11.3. The molecule has 5 N–H and O–H groups in total. The quantitative estimate of drug-likeness (QED) is 0.571. The summed E-state index contributed by atoms with van der Waals surface area (Å²) in [6.45, 7) is -0.0783. The molecule has 1 atom stereocenters. The number of nitrogens with two attached hydrogens (primary N) is 1. The van der Waals surface area contributed by atoms with Gasteiger partial charge in [0.2, 0.25) is 11.8 Å². The fourth-order valence-corrected chi connectivity index (χ4v) is 2.01. The molecular weight excluding hydrogens is 274 g/mol. The number of benzene rings is 1. The lowest BCUT2D eigenvalue weighted by molar-refractivity contribution is -0.140. The number of hydrogen-bond donors (Lipinski definition) is 4. The Morgan fingerprint density at radius 3 is 2.33 bits per heavy atom. The van der Waals surface area contributed by atoms with Gasteiger partial charge in [0.1, 0.15) is 6.04 Å². The molecule has 0 heterocycles. The molecule has 7 nitrogen and oxygen atoms in total. The van der Waals surface area contributed by atoms with Gasteiger partial charge in [0.05, 0.1) is 6.54 Å². The molecule has 0 spiro atoms. The van der Waals surface area contributed by atoms with Crippen LogP contribution in [0, 0.1) is 5.92 Å². The van der Waals surface area contributed by atoms with Gasteiger partial charge >= 0.3 is 5.97 Å². The first-order chi connectivity index (χ1) is 9.97. The lowest BCUT2D eigenvalue weighted by Crippen LogP contribution is -2.42. The summed E-state index contributed by atoms with van der Waals surface area (Å²) in [5.41, 5.74) is 5.99. The molecule has 1 fully saturated rings. The molecule has 0 saturated heterocycles. The van der Waals surface area contributed by atoms with E-state index in [1.807, 2.05) is 0 Å². The first kappa shape index (κ1) is 15.0. The van der Waals surface area contributed by atoms with Crippen LogP contribution in [-0.4, -0.2) is 35.5 Å². The average Bonchev–Trinajstić information content (AvgIpc) is 3.23. The molecule has 0 radical (unpaired) electrons. The molecule has 2 rings (SSSR count). The van der Waals surface area contributed by atoms with Crippen molar-refractivity contribution in [2.75, 3.05) is 11.9 Å². The van der Waals surface area contributed by atoms with E-state index in [1.54, 1.807) is 12.1 Å². The predicted octanol–water partition coefficient (Wildman–Crippen LogP) is 0.177. The van der Waals surface area contributed by atoms with Crippen LogP contribution in [0.25, 0.3) is 0 Å². The number of rotatable bonds is 7. The van der Waals surface area contributed by atoms with E-state index in [0.29, 0.717) is 11.3 Å². The molecule has 112 valence electrons. The number of hydrogen-bond acceptors (Lipinski definition) is 4. The molecule has 21 heavy (non-hydrogen) atoms. The fraction of sp³-hybridized carbons (Fsp3) is 0.357. The van der Waals surface area contributed by atoms with E-state index in [1.165, 1.54) is 12.1 Å². The molecule has 0 aromatic heterocycles. The summed E-state index contributed by atoms with van der Waals surface area (Å²) in [4.78, 5) is 33.7. The van der Waals surface area contributed by atoms with Crippen molar-refractivity contribution < 1.29 is 19.5 Å². The first-order valence-electron chi connectivity index (χ1n) is 6.63. The average molecular weight is 291 g/mol. The van der Waals surface area contributed by atoms with Crippen molar-refractivity contribution in [2.24, 2.45) is 11.7 Å². The van der Waals surface area contributed by atoms with Gasteiger partial charge in [-0.05, 0) is 43.0 Å². The van der Waals surface area contributed by atoms with Crippen LogP contribution in [0.15, 0.2) is 24.3 Å². The molecule has 1 aromatic carbocycles. The number of amides is 2. The fourth-order valence-electron chi connectivity index (χ4n) is 2.01. The Bertz CT molecular complexity index is 552. The Balaban J connectivity index is 1.83. The van der Waals surface area contributed by atoms with Gasteiger partial charge in [0.25, 0.3) is 0 Å². The second-order valence-corrected chi connectivity index (χ2v) is 5.02. The van der Waals surface area contributed by atoms with Gasteiger partial charge in [-0.2, -0.15) is 0 Å². The maximum Gasteiger partial charge on any atom is 0.320 e. The summed E-state index contributed by atoms with van der Waals surface area (Å²) in [5.74, 6) is -1.70. The van der Waals surface area contributed by atoms with Gasteiger partial charge in [-0.15, -0.1) is 0 Å². The van der Waals surface area contributed by atoms with E-state index in [-0.39, 0.29) is 18.4 Å². The highest BCUT2D eigenvalue weighted by Crippen LogP contribution is 2.32. The van der Waals surface area contributed by atoms with Crippen molar-refractivity contribution in [1.29, 1.82) is 0 Å². The normalized spacial score (nSPS) is 15.2. The molecule has 1 aliphatic carbocycles. The summed E-state index contributed by atoms with van der Waals surface area (Å²) >= 11 is 0. The molecule has 0 aliphatic heterocycles. The van der Waals surface area contributed by atoms with Gasteiger partial charge in [-0.1, -0.05) is 0 Å². The summed E-state index contributed by atoms with van der Waals surface area (Å²) in [7, 11) is 0. The van der Waals surface area contributed by atoms with Crippen LogP contribution in [0.4, 0.5) is 5.69 Å². The first-order valence-corrected chi connectivity index (χ1v) is 6.63. The summed E-state index contributed by atoms with van der Waals surface area (Å²) in [6.07, 6.45) is 1.75. The van der Waals surface area contributed by atoms with Crippen molar-refractivity contribution in [1.82, 2.24) is 5.32 Å². The van der Waals surface area contributed by atoms with Crippen molar-refractivity contribution in [3.63, 3.8) is 0 Å². The monoisotopic (exact) mass is 291 g/mol. The van der Waals surface area contributed by atoms with Crippen LogP contribution in [0.2, 0.25) is 0 Å². The van der Waals surface area contributed by atoms with E-state index < -0.39 is 17.9 Å². The molecule has 0 bridgehead atoms. The summed E-state index contributed by atoms with van der Waals surface area (Å²) < 4.78 is 0. The number of anilines is 1. The van der Waals surface area contributed by atoms with E-state index in [4.69, 9.17) is 10.8 Å². The van der Waals surface area contributed by atoms with Crippen LogP contribution >= 0.6 is 0 Å². The topological polar surface area (TPSA) is 122 Å². The molecule has 1 unspecified atom stereocenters. The third-order valence-electron chi connectivity index (χ3n) is 3.30. The number of aliphatic carboxylic acids is 1. The number of carbonyl (C=O) groups is 3. The smallest absolute Gasteiger partial charge is 0.320 e. The minimum absolute atomic E-state index is 0.0783. The number of carboxylic acids is 1. The Morgan fingerprint density at radius 1 is 1.24 bits per heavy atom. The molecule has 1 saturated carbocycles. The standard InChI is InChI=1S/C14H17N3O4/c15-13(19)9-3-5-10(6-4-9)17-11(18)7-16-12(14(20)21)8-1-2-8/h3-6,8,12,16H,1-2,7H2,(H2,15,19)(H,17,18)(H,20,21). The number of primary amides is 1. The third kappa shape index (κ3) is 4.28. The predicted molar refractivity (Wildman–Crippen MR) is 75.7 cm³/mol. The second kappa shape index (κ2) is 6.36.